The summed E-state index contributed by atoms with van der Waals surface area (Å²) in [4.78, 5) is 14.1. The molecule has 0 aliphatic heterocycles. The Hall–Kier alpha value is -1.78. The SMILES string of the molecule is NC(=O)NNc1ccccn1. The molecule has 0 fully saturated rings. The largest absolute Gasteiger partial charge is 0.350 e. The first-order valence-electron chi connectivity index (χ1n) is 3.01. The standard InChI is InChI=1S/C6H8N4O/c7-6(11)10-9-5-3-1-2-4-8-5/h1-4H,(H,8,9)(H3,7,10,11). The number of carbonyl (C=O) groups excluding carboxylic acids is 1. The van der Waals surface area contributed by atoms with E-state index in [1.165, 1.54) is 0 Å². The van der Waals surface area contributed by atoms with Crippen molar-refractivity contribution in [2.75, 3.05) is 5.43 Å². The van der Waals surface area contributed by atoms with Crippen molar-refractivity contribution in [3.05, 3.63) is 24.4 Å². The monoisotopic (exact) mass is 152 g/mol. The number of hydrogen-bond donors (Lipinski definition) is 3. The van der Waals surface area contributed by atoms with E-state index in [0.29, 0.717) is 5.82 Å². The van der Waals surface area contributed by atoms with Crippen molar-refractivity contribution < 1.29 is 4.79 Å². The molecule has 0 saturated carbocycles. The molecule has 5 nitrogen and oxygen atoms in total. The zero-order valence-corrected chi connectivity index (χ0v) is 5.74. The third-order valence-corrected chi connectivity index (χ3v) is 0.979. The average Bonchev–Trinajstić information content (AvgIpc) is 2.03. The van der Waals surface area contributed by atoms with E-state index in [1.807, 2.05) is 0 Å². The molecule has 0 spiro atoms. The van der Waals surface area contributed by atoms with Gasteiger partial charge < -0.3 is 5.73 Å². The highest BCUT2D eigenvalue weighted by Gasteiger charge is 1.90. The van der Waals surface area contributed by atoms with Crippen LogP contribution in [-0.4, -0.2) is 11.0 Å². The van der Waals surface area contributed by atoms with Crippen LogP contribution in [-0.2, 0) is 0 Å². The van der Waals surface area contributed by atoms with Gasteiger partial charge in [0.25, 0.3) is 0 Å². The normalized spacial score (nSPS) is 8.73. The third-order valence-electron chi connectivity index (χ3n) is 0.979. The van der Waals surface area contributed by atoms with E-state index in [-0.39, 0.29) is 0 Å². The van der Waals surface area contributed by atoms with Crippen LogP contribution >= 0.6 is 0 Å². The molecule has 1 heterocycles. The summed E-state index contributed by atoms with van der Waals surface area (Å²) in [6.07, 6.45) is 1.60. The van der Waals surface area contributed by atoms with E-state index in [4.69, 9.17) is 5.73 Å². The molecule has 1 aromatic rings. The second kappa shape index (κ2) is 3.40. The van der Waals surface area contributed by atoms with Gasteiger partial charge >= 0.3 is 6.03 Å². The molecule has 1 rings (SSSR count). The fraction of sp³-hybridized carbons (Fsp3) is 0. The summed E-state index contributed by atoms with van der Waals surface area (Å²) >= 11 is 0. The van der Waals surface area contributed by atoms with Gasteiger partial charge in [-0.2, -0.15) is 0 Å². The molecule has 0 aliphatic carbocycles. The number of urea groups is 1. The summed E-state index contributed by atoms with van der Waals surface area (Å²) < 4.78 is 0. The van der Waals surface area contributed by atoms with Gasteiger partial charge in [0.05, 0.1) is 0 Å². The Morgan fingerprint density at radius 2 is 2.36 bits per heavy atom. The van der Waals surface area contributed by atoms with Gasteiger partial charge in [0.1, 0.15) is 5.82 Å². The highest BCUT2D eigenvalue weighted by Crippen LogP contribution is 1.95. The Labute approximate surface area is 63.6 Å². The second-order valence-electron chi connectivity index (χ2n) is 1.83. The first kappa shape index (κ1) is 7.33. The third kappa shape index (κ3) is 2.53. The number of aromatic nitrogens is 1. The van der Waals surface area contributed by atoms with E-state index in [0.717, 1.165) is 0 Å². The van der Waals surface area contributed by atoms with Gasteiger partial charge in [-0.25, -0.2) is 9.78 Å². The minimum Gasteiger partial charge on any atom is -0.350 e. The van der Waals surface area contributed by atoms with E-state index in [1.54, 1.807) is 24.4 Å². The maximum atomic E-state index is 10.2. The maximum Gasteiger partial charge on any atom is 0.330 e. The summed E-state index contributed by atoms with van der Waals surface area (Å²) in [6.45, 7) is 0. The molecular weight excluding hydrogens is 144 g/mol. The van der Waals surface area contributed by atoms with E-state index < -0.39 is 6.03 Å². The van der Waals surface area contributed by atoms with Crippen LogP contribution in [0, 0.1) is 0 Å². The number of rotatable bonds is 2. The molecule has 0 radical (unpaired) electrons. The van der Waals surface area contributed by atoms with Crippen molar-refractivity contribution in [2.45, 2.75) is 0 Å². The van der Waals surface area contributed by atoms with Gasteiger partial charge in [0, 0.05) is 6.20 Å². The molecule has 0 unspecified atom stereocenters. The lowest BCUT2D eigenvalue weighted by Crippen LogP contribution is -2.34. The van der Waals surface area contributed by atoms with Crippen LogP contribution in [0.1, 0.15) is 0 Å². The minimum atomic E-state index is -0.643. The fourth-order valence-corrected chi connectivity index (χ4v) is 0.562. The van der Waals surface area contributed by atoms with Crippen LogP contribution in [0.2, 0.25) is 0 Å². The van der Waals surface area contributed by atoms with Crippen molar-refractivity contribution >= 4 is 11.8 Å². The Bertz CT molecular complexity index is 236. The lowest BCUT2D eigenvalue weighted by molar-refractivity contribution is 0.250. The van der Waals surface area contributed by atoms with Crippen LogP contribution in [0.5, 0.6) is 0 Å². The Balaban J connectivity index is 2.45. The lowest BCUT2D eigenvalue weighted by Gasteiger charge is -2.02. The second-order valence-corrected chi connectivity index (χ2v) is 1.83. The number of primary amides is 1. The Morgan fingerprint density at radius 3 is 2.91 bits per heavy atom. The predicted octanol–water partition coefficient (Wildman–Crippen LogP) is 0.0768. The zero-order valence-electron chi connectivity index (χ0n) is 5.74. The van der Waals surface area contributed by atoms with Crippen LogP contribution in [0.15, 0.2) is 24.4 Å². The number of anilines is 1. The summed E-state index contributed by atoms with van der Waals surface area (Å²) in [5.74, 6) is 0.548. The number of nitrogens with one attached hydrogen (secondary N) is 2. The first-order valence-corrected chi connectivity index (χ1v) is 3.01. The number of hydrogen-bond acceptors (Lipinski definition) is 3. The highest BCUT2D eigenvalue weighted by atomic mass is 16.2. The van der Waals surface area contributed by atoms with Gasteiger partial charge in [-0.05, 0) is 12.1 Å². The lowest BCUT2D eigenvalue weighted by atomic mass is 10.5. The quantitative estimate of drug-likeness (QED) is 0.525. The molecule has 2 amide bonds. The summed E-state index contributed by atoms with van der Waals surface area (Å²) in [7, 11) is 0. The molecule has 4 N–H and O–H groups in total. The fourth-order valence-electron chi connectivity index (χ4n) is 0.562. The van der Waals surface area contributed by atoms with E-state index in [9.17, 15) is 4.79 Å². The summed E-state index contributed by atoms with van der Waals surface area (Å²) in [5, 5.41) is 0. The topological polar surface area (TPSA) is 80.0 Å². The molecular formula is C6H8N4O. The molecule has 1 aromatic heterocycles. The van der Waals surface area contributed by atoms with Crippen LogP contribution < -0.4 is 16.6 Å². The molecule has 11 heavy (non-hydrogen) atoms. The zero-order chi connectivity index (χ0) is 8.10. The molecule has 0 aromatic carbocycles. The van der Waals surface area contributed by atoms with E-state index >= 15 is 0 Å². The van der Waals surface area contributed by atoms with Crippen LogP contribution in [0.3, 0.4) is 0 Å². The smallest absolute Gasteiger partial charge is 0.330 e. The van der Waals surface area contributed by atoms with Crippen LogP contribution in [0.25, 0.3) is 0 Å². The number of carbonyl (C=O) groups is 1. The number of amides is 2. The molecule has 0 saturated heterocycles. The van der Waals surface area contributed by atoms with Crippen molar-refractivity contribution in [1.29, 1.82) is 0 Å². The maximum absolute atomic E-state index is 10.2. The highest BCUT2D eigenvalue weighted by molar-refractivity contribution is 5.72. The van der Waals surface area contributed by atoms with Gasteiger partial charge in [0.2, 0.25) is 0 Å². The first-order chi connectivity index (χ1) is 5.29. The van der Waals surface area contributed by atoms with Crippen LogP contribution in [0.4, 0.5) is 10.6 Å². The number of hydrazine groups is 1. The average molecular weight is 152 g/mol. The summed E-state index contributed by atoms with van der Waals surface area (Å²) in [5.41, 5.74) is 9.50. The van der Waals surface area contributed by atoms with Crippen molar-refractivity contribution in [3.8, 4) is 0 Å². The molecule has 5 heteroatoms. The van der Waals surface area contributed by atoms with Crippen molar-refractivity contribution in [1.82, 2.24) is 10.4 Å². The molecule has 58 valence electrons. The Morgan fingerprint density at radius 1 is 1.55 bits per heavy atom. The number of pyridine rings is 1. The molecule has 0 atom stereocenters. The predicted molar refractivity (Wildman–Crippen MR) is 40.6 cm³/mol. The number of nitrogens with zero attached hydrogens (tertiary/aromatic N) is 1. The summed E-state index contributed by atoms with van der Waals surface area (Å²) in [6, 6.07) is 4.62. The van der Waals surface area contributed by atoms with Gasteiger partial charge in [-0.3, -0.25) is 10.9 Å². The van der Waals surface area contributed by atoms with Gasteiger partial charge in [0.15, 0.2) is 0 Å². The van der Waals surface area contributed by atoms with Gasteiger partial charge in [-0.15, -0.1) is 0 Å². The van der Waals surface area contributed by atoms with E-state index in [2.05, 4.69) is 15.8 Å². The number of nitrogens with two attached hydrogens (primary N) is 1. The Kier molecular flexibility index (Phi) is 2.27. The molecule has 0 bridgehead atoms. The van der Waals surface area contributed by atoms with Gasteiger partial charge in [-0.1, -0.05) is 6.07 Å². The van der Waals surface area contributed by atoms with Crippen molar-refractivity contribution in [2.24, 2.45) is 5.73 Å². The van der Waals surface area contributed by atoms with Crippen molar-refractivity contribution in [3.63, 3.8) is 0 Å². The molecule has 0 aliphatic rings. The minimum absolute atomic E-state index is 0.548.